The highest BCUT2D eigenvalue weighted by Gasteiger charge is 2.31. The van der Waals surface area contributed by atoms with Crippen LogP contribution in [0.4, 0.5) is 13.2 Å². The maximum atomic E-state index is 12.7. The number of nitrogens with one attached hydrogen (secondary N) is 1. The van der Waals surface area contributed by atoms with Gasteiger partial charge in [0, 0.05) is 26.2 Å². The molecule has 2 nitrogen and oxygen atoms in total. The Hall–Kier alpha value is -1.37. The van der Waals surface area contributed by atoms with E-state index >= 15 is 0 Å². The van der Waals surface area contributed by atoms with Gasteiger partial charge in [-0.05, 0) is 40.1 Å². The van der Waals surface area contributed by atoms with E-state index in [0.717, 1.165) is 37.3 Å². The number of hydrogen-bond donors (Lipinski definition) is 1. The number of hydrogen-bond acceptors (Lipinski definition) is 3. The molecular weight excluding hydrogens is 309 g/mol. The van der Waals surface area contributed by atoms with Crippen LogP contribution in [0, 0.1) is 0 Å². The summed E-state index contributed by atoms with van der Waals surface area (Å²) in [4.78, 5) is 2.32. The monoisotopic (exact) mass is 326 g/mol. The zero-order valence-electron chi connectivity index (χ0n) is 11.9. The van der Waals surface area contributed by atoms with Gasteiger partial charge in [-0.1, -0.05) is 12.1 Å². The van der Waals surface area contributed by atoms with Crippen molar-refractivity contribution in [1.82, 2.24) is 10.2 Å². The second-order valence-corrected chi connectivity index (χ2v) is 6.14. The number of rotatable bonds is 3. The Bertz CT molecular complexity index is 587. The van der Waals surface area contributed by atoms with Crippen LogP contribution in [0.3, 0.4) is 0 Å². The summed E-state index contributed by atoms with van der Waals surface area (Å²) in [6.45, 7) is 3.59. The lowest BCUT2D eigenvalue weighted by molar-refractivity contribution is -0.137. The average molecular weight is 326 g/mol. The van der Waals surface area contributed by atoms with Crippen LogP contribution in [0.25, 0.3) is 0 Å². The lowest BCUT2D eigenvalue weighted by atomic mass is 9.97. The van der Waals surface area contributed by atoms with Crippen molar-refractivity contribution in [1.29, 1.82) is 0 Å². The summed E-state index contributed by atoms with van der Waals surface area (Å²) in [5.74, 6) is 0. The molecule has 1 aliphatic rings. The summed E-state index contributed by atoms with van der Waals surface area (Å²) < 4.78 is 38.2. The first-order chi connectivity index (χ1) is 10.6. The van der Waals surface area contributed by atoms with Gasteiger partial charge in [-0.2, -0.15) is 24.5 Å². The smallest absolute Gasteiger partial charge is 0.314 e. The van der Waals surface area contributed by atoms with Crippen LogP contribution in [-0.2, 0) is 6.18 Å². The third-order valence-corrected chi connectivity index (χ3v) is 4.63. The molecule has 0 unspecified atom stereocenters. The fourth-order valence-electron chi connectivity index (χ4n) is 2.84. The predicted molar refractivity (Wildman–Crippen MR) is 82.0 cm³/mol. The van der Waals surface area contributed by atoms with Crippen molar-refractivity contribution >= 4 is 11.3 Å². The molecule has 1 aromatic carbocycles. The first kappa shape index (κ1) is 15.5. The minimum Gasteiger partial charge on any atom is -0.314 e. The Kier molecular flexibility index (Phi) is 4.52. The van der Waals surface area contributed by atoms with Crippen molar-refractivity contribution in [3.8, 4) is 0 Å². The van der Waals surface area contributed by atoms with Crippen LogP contribution in [0.15, 0.2) is 41.1 Å². The third kappa shape index (κ3) is 3.34. The van der Waals surface area contributed by atoms with E-state index in [4.69, 9.17) is 0 Å². The molecule has 6 heteroatoms. The molecule has 2 aromatic rings. The molecule has 118 valence electrons. The second kappa shape index (κ2) is 6.40. The molecule has 0 bridgehead atoms. The first-order valence-electron chi connectivity index (χ1n) is 7.20. The molecule has 0 spiro atoms. The Morgan fingerprint density at radius 1 is 1.00 bits per heavy atom. The molecule has 0 radical (unpaired) electrons. The number of alkyl halides is 3. The van der Waals surface area contributed by atoms with Gasteiger partial charge in [0.2, 0.25) is 0 Å². The summed E-state index contributed by atoms with van der Waals surface area (Å²) >= 11 is 1.61. The van der Waals surface area contributed by atoms with Crippen molar-refractivity contribution < 1.29 is 13.2 Å². The fraction of sp³-hybridized carbons (Fsp3) is 0.375. The number of piperazine rings is 1. The van der Waals surface area contributed by atoms with Crippen LogP contribution in [0.1, 0.15) is 22.7 Å². The van der Waals surface area contributed by atoms with E-state index in [9.17, 15) is 13.2 Å². The topological polar surface area (TPSA) is 15.3 Å². The van der Waals surface area contributed by atoms with Gasteiger partial charge in [0.05, 0.1) is 11.6 Å². The number of halogens is 3. The molecule has 1 aromatic heterocycles. The molecule has 3 rings (SSSR count). The maximum absolute atomic E-state index is 12.7. The average Bonchev–Trinajstić information content (AvgIpc) is 3.02. The van der Waals surface area contributed by atoms with E-state index < -0.39 is 11.7 Å². The lowest BCUT2D eigenvalue weighted by Crippen LogP contribution is -2.45. The highest BCUT2D eigenvalue weighted by Crippen LogP contribution is 2.34. The van der Waals surface area contributed by atoms with Gasteiger partial charge >= 0.3 is 6.18 Å². The molecule has 1 fully saturated rings. The zero-order chi connectivity index (χ0) is 15.6. The SMILES string of the molecule is FC(F)(F)c1ccc([C@@H](c2ccsc2)N2CCNCC2)cc1. The van der Waals surface area contributed by atoms with Gasteiger partial charge in [-0.3, -0.25) is 4.90 Å². The first-order valence-corrected chi connectivity index (χ1v) is 8.14. The normalized spacial score (nSPS) is 18.3. The Morgan fingerprint density at radius 2 is 1.68 bits per heavy atom. The number of benzene rings is 1. The molecule has 1 N–H and O–H groups in total. The Morgan fingerprint density at radius 3 is 2.23 bits per heavy atom. The van der Waals surface area contributed by atoms with E-state index in [-0.39, 0.29) is 6.04 Å². The predicted octanol–water partition coefficient (Wildman–Crippen LogP) is 3.76. The molecule has 1 aliphatic heterocycles. The van der Waals surface area contributed by atoms with Crippen LogP contribution in [-0.4, -0.2) is 31.1 Å². The standard InChI is InChI=1S/C16H17F3N2S/c17-16(18,19)14-3-1-12(2-4-14)15(13-5-10-22-11-13)21-8-6-20-7-9-21/h1-5,10-11,15,20H,6-9H2/t15-/m0/s1. The van der Waals surface area contributed by atoms with Crippen molar-refractivity contribution in [2.24, 2.45) is 0 Å². The number of nitrogens with zero attached hydrogens (tertiary/aromatic N) is 1. The molecule has 0 saturated carbocycles. The minimum absolute atomic E-state index is 0.0237. The summed E-state index contributed by atoms with van der Waals surface area (Å²) in [6.07, 6.45) is -4.29. The van der Waals surface area contributed by atoms with Gasteiger partial charge < -0.3 is 5.32 Å². The largest absolute Gasteiger partial charge is 0.416 e. The third-order valence-electron chi connectivity index (χ3n) is 3.93. The molecule has 1 saturated heterocycles. The van der Waals surface area contributed by atoms with Gasteiger partial charge in [-0.25, -0.2) is 0 Å². The Balaban J connectivity index is 1.92. The van der Waals surface area contributed by atoms with Crippen LogP contribution in [0.2, 0.25) is 0 Å². The molecule has 2 heterocycles. The van der Waals surface area contributed by atoms with Gasteiger partial charge in [0.15, 0.2) is 0 Å². The van der Waals surface area contributed by atoms with E-state index in [1.54, 1.807) is 23.5 Å². The molecular formula is C16H17F3N2S. The van der Waals surface area contributed by atoms with Gasteiger partial charge in [0.25, 0.3) is 0 Å². The summed E-state index contributed by atoms with van der Waals surface area (Å²) in [5.41, 5.74) is 1.46. The quantitative estimate of drug-likeness (QED) is 0.924. The molecule has 0 amide bonds. The lowest BCUT2D eigenvalue weighted by Gasteiger charge is -2.35. The fourth-order valence-corrected chi connectivity index (χ4v) is 3.52. The van der Waals surface area contributed by atoms with Crippen molar-refractivity contribution in [3.05, 3.63) is 57.8 Å². The van der Waals surface area contributed by atoms with Crippen LogP contribution < -0.4 is 5.32 Å². The summed E-state index contributed by atoms with van der Waals surface area (Å²) in [6, 6.07) is 7.64. The molecule has 0 aliphatic carbocycles. The molecule has 1 atom stereocenters. The maximum Gasteiger partial charge on any atom is 0.416 e. The highest BCUT2D eigenvalue weighted by atomic mass is 32.1. The van der Waals surface area contributed by atoms with E-state index in [1.807, 2.05) is 5.38 Å². The van der Waals surface area contributed by atoms with Gasteiger partial charge in [0.1, 0.15) is 0 Å². The molecule has 22 heavy (non-hydrogen) atoms. The van der Waals surface area contributed by atoms with Crippen molar-refractivity contribution in [2.75, 3.05) is 26.2 Å². The summed E-state index contributed by atoms with van der Waals surface area (Å²) in [7, 11) is 0. The van der Waals surface area contributed by atoms with Crippen LogP contribution in [0.5, 0.6) is 0 Å². The highest BCUT2D eigenvalue weighted by molar-refractivity contribution is 7.08. The summed E-state index contributed by atoms with van der Waals surface area (Å²) in [5, 5.41) is 7.39. The van der Waals surface area contributed by atoms with Crippen LogP contribution >= 0.6 is 11.3 Å². The zero-order valence-corrected chi connectivity index (χ0v) is 12.8. The number of thiophene rings is 1. The van der Waals surface area contributed by atoms with Gasteiger partial charge in [-0.15, -0.1) is 0 Å². The van der Waals surface area contributed by atoms with Crippen molar-refractivity contribution in [3.63, 3.8) is 0 Å². The Labute approximate surface area is 131 Å². The van der Waals surface area contributed by atoms with Crippen molar-refractivity contribution in [2.45, 2.75) is 12.2 Å². The van der Waals surface area contributed by atoms with E-state index in [1.165, 1.54) is 12.1 Å². The second-order valence-electron chi connectivity index (χ2n) is 5.36. The van der Waals surface area contributed by atoms with E-state index in [0.29, 0.717) is 0 Å². The van der Waals surface area contributed by atoms with E-state index in [2.05, 4.69) is 21.7 Å². The minimum atomic E-state index is -4.29.